The molecule has 2 aromatic carbocycles. The molecule has 166 valence electrons. The molecule has 1 aliphatic carbocycles. The summed E-state index contributed by atoms with van der Waals surface area (Å²) in [6.45, 7) is 0.826. The number of carbonyl (C=O) groups is 2. The van der Waals surface area contributed by atoms with Crippen LogP contribution < -0.4 is 16.0 Å². The molecular weight excluding hydrogens is 409 g/mol. The number of aromatic nitrogens is 2. The summed E-state index contributed by atoms with van der Waals surface area (Å²) in [6, 6.07) is 15.5. The number of hydrogen-bond acceptors (Lipinski definition) is 3. The van der Waals surface area contributed by atoms with Gasteiger partial charge in [0.25, 0.3) is 0 Å². The number of urea groups is 1. The summed E-state index contributed by atoms with van der Waals surface area (Å²) in [5.41, 5.74) is 4.14. The first-order valence-corrected chi connectivity index (χ1v) is 10.7. The summed E-state index contributed by atoms with van der Waals surface area (Å²) < 4.78 is 14.9. The van der Waals surface area contributed by atoms with Crippen LogP contribution in [0.4, 0.5) is 9.18 Å². The van der Waals surface area contributed by atoms with E-state index in [1.807, 2.05) is 29.1 Å². The van der Waals surface area contributed by atoms with Crippen LogP contribution in [0.5, 0.6) is 0 Å². The van der Waals surface area contributed by atoms with Gasteiger partial charge in [-0.25, -0.2) is 9.18 Å². The van der Waals surface area contributed by atoms with E-state index in [4.69, 9.17) is 0 Å². The Balaban J connectivity index is 1.27. The fourth-order valence-corrected chi connectivity index (χ4v) is 3.91. The molecule has 0 spiro atoms. The van der Waals surface area contributed by atoms with Crippen molar-refractivity contribution >= 4 is 11.9 Å². The Bertz CT molecular complexity index is 1070. The first-order chi connectivity index (χ1) is 15.6. The van der Waals surface area contributed by atoms with E-state index in [-0.39, 0.29) is 30.9 Å². The molecule has 7 nitrogen and oxygen atoms in total. The second kappa shape index (κ2) is 10.1. The van der Waals surface area contributed by atoms with Crippen LogP contribution in [0.1, 0.15) is 41.3 Å². The lowest BCUT2D eigenvalue weighted by atomic mass is 9.93. The van der Waals surface area contributed by atoms with Gasteiger partial charge in [0.15, 0.2) is 0 Å². The minimum absolute atomic E-state index is 0.111. The lowest BCUT2D eigenvalue weighted by Gasteiger charge is -2.24. The Kier molecular flexibility index (Phi) is 6.79. The van der Waals surface area contributed by atoms with Crippen molar-refractivity contribution in [1.82, 2.24) is 25.7 Å². The number of rotatable bonds is 7. The number of fused-ring (bicyclic) bond motifs is 1. The van der Waals surface area contributed by atoms with Gasteiger partial charge < -0.3 is 16.0 Å². The third-order valence-electron chi connectivity index (χ3n) is 5.55. The molecule has 4 rings (SSSR count). The highest BCUT2D eigenvalue weighted by molar-refractivity contribution is 5.84. The van der Waals surface area contributed by atoms with Gasteiger partial charge in [0.2, 0.25) is 5.91 Å². The first-order valence-electron chi connectivity index (χ1n) is 10.7. The van der Waals surface area contributed by atoms with Crippen molar-refractivity contribution in [2.75, 3.05) is 6.54 Å². The fourth-order valence-electron chi connectivity index (χ4n) is 3.91. The van der Waals surface area contributed by atoms with Crippen LogP contribution in [0, 0.1) is 5.82 Å². The molecule has 1 aliphatic rings. The molecule has 1 heterocycles. The van der Waals surface area contributed by atoms with E-state index in [9.17, 15) is 14.0 Å². The van der Waals surface area contributed by atoms with Gasteiger partial charge in [-0.1, -0.05) is 42.5 Å². The lowest BCUT2D eigenvalue weighted by molar-refractivity contribution is -0.120. The van der Waals surface area contributed by atoms with Gasteiger partial charge >= 0.3 is 6.03 Å². The van der Waals surface area contributed by atoms with E-state index in [0.29, 0.717) is 6.54 Å². The Morgan fingerprint density at radius 1 is 1.03 bits per heavy atom. The van der Waals surface area contributed by atoms with Crippen molar-refractivity contribution in [1.29, 1.82) is 0 Å². The van der Waals surface area contributed by atoms with E-state index in [1.165, 1.54) is 17.7 Å². The highest BCUT2D eigenvalue weighted by atomic mass is 19.1. The van der Waals surface area contributed by atoms with E-state index < -0.39 is 6.03 Å². The number of nitrogens with zero attached hydrogens (tertiary/aromatic N) is 2. The molecular formula is C24H26FN5O2. The van der Waals surface area contributed by atoms with Crippen LogP contribution in [-0.2, 0) is 24.3 Å². The largest absolute Gasteiger partial charge is 0.348 e. The average molecular weight is 436 g/mol. The third-order valence-corrected chi connectivity index (χ3v) is 5.55. The molecule has 8 heteroatoms. The highest BCUT2D eigenvalue weighted by Crippen LogP contribution is 2.29. The number of hydrogen-bond donors (Lipinski definition) is 3. The Hall–Kier alpha value is -3.68. The summed E-state index contributed by atoms with van der Waals surface area (Å²) in [4.78, 5) is 24.4. The number of amides is 3. The van der Waals surface area contributed by atoms with Crippen LogP contribution in [0.3, 0.4) is 0 Å². The molecule has 3 aromatic rings. The maximum Gasteiger partial charge on any atom is 0.315 e. The average Bonchev–Trinajstić information content (AvgIpc) is 3.22. The maximum atomic E-state index is 12.9. The SMILES string of the molecule is O=C(CNC(=O)NCc1ccc(F)cc1)NC1CCCc2c1cnn2Cc1ccccc1. The molecule has 0 saturated carbocycles. The summed E-state index contributed by atoms with van der Waals surface area (Å²) in [7, 11) is 0. The van der Waals surface area contributed by atoms with Gasteiger partial charge in [-0.15, -0.1) is 0 Å². The number of carbonyl (C=O) groups excluding carboxylic acids is 2. The van der Waals surface area contributed by atoms with Crippen molar-refractivity contribution in [2.24, 2.45) is 0 Å². The lowest BCUT2D eigenvalue weighted by Crippen LogP contribution is -2.43. The number of halogens is 1. The van der Waals surface area contributed by atoms with E-state index >= 15 is 0 Å². The monoisotopic (exact) mass is 435 g/mol. The predicted octanol–water partition coefficient (Wildman–Crippen LogP) is 3.06. The smallest absolute Gasteiger partial charge is 0.315 e. The molecule has 1 atom stereocenters. The molecule has 1 unspecified atom stereocenters. The topological polar surface area (TPSA) is 88.1 Å². The summed E-state index contributed by atoms with van der Waals surface area (Å²) in [6.07, 6.45) is 4.57. The fraction of sp³-hybridized carbons (Fsp3) is 0.292. The van der Waals surface area contributed by atoms with E-state index in [2.05, 4.69) is 33.2 Å². The molecule has 0 fully saturated rings. The van der Waals surface area contributed by atoms with Crippen molar-refractivity contribution in [2.45, 2.75) is 38.4 Å². The molecule has 0 saturated heterocycles. The Morgan fingerprint density at radius 2 is 1.81 bits per heavy atom. The Labute approximate surface area is 186 Å². The van der Waals surface area contributed by atoms with Crippen molar-refractivity contribution in [3.8, 4) is 0 Å². The van der Waals surface area contributed by atoms with Crippen LogP contribution in [0.15, 0.2) is 60.8 Å². The zero-order valence-corrected chi connectivity index (χ0v) is 17.7. The number of nitrogens with one attached hydrogen (secondary N) is 3. The van der Waals surface area contributed by atoms with Crippen molar-refractivity contribution in [3.63, 3.8) is 0 Å². The zero-order valence-electron chi connectivity index (χ0n) is 17.7. The van der Waals surface area contributed by atoms with Crippen molar-refractivity contribution < 1.29 is 14.0 Å². The van der Waals surface area contributed by atoms with E-state index in [1.54, 1.807) is 12.1 Å². The van der Waals surface area contributed by atoms with Crippen molar-refractivity contribution in [3.05, 3.63) is 89.0 Å². The quantitative estimate of drug-likeness (QED) is 0.533. The van der Waals surface area contributed by atoms with Gasteiger partial charge in [-0.2, -0.15) is 5.10 Å². The molecule has 0 bridgehead atoms. The number of benzene rings is 2. The normalized spacial score (nSPS) is 15.0. The van der Waals surface area contributed by atoms with Gasteiger partial charge in [0.05, 0.1) is 25.3 Å². The van der Waals surface area contributed by atoms with Gasteiger partial charge in [0, 0.05) is 17.8 Å². The molecule has 3 amide bonds. The molecule has 32 heavy (non-hydrogen) atoms. The predicted molar refractivity (Wildman–Crippen MR) is 118 cm³/mol. The molecule has 1 aromatic heterocycles. The van der Waals surface area contributed by atoms with Crippen LogP contribution >= 0.6 is 0 Å². The Morgan fingerprint density at radius 3 is 2.59 bits per heavy atom. The highest BCUT2D eigenvalue weighted by Gasteiger charge is 2.25. The second-order valence-electron chi connectivity index (χ2n) is 7.86. The molecule has 3 N–H and O–H groups in total. The first kappa shape index (κ1) is 21.5. The third kappa shape index (κ3) is 5.51. The minimum atomic E-state index is -0.454. The van der Waals surface area contributed by atoms with Crippen LogP contribution in [-0.4, -0.2) is 28.3 Å². The second-order valence-corrected chi connectivity index (χ2v) is 7.86. The molecule has 0 aliphatic heterocycles. The van der Waals surface area contributed by atoms with E-state index in [0.717, 1.165) is 36.1 Å². The van der Waals surface area contributed by atoms with Gasteiger partial charge in [-0.05, 0) is 42.5 Å². The standard InChI is InChI=1S/C24H26FN5O2/c25-19-11-9-17(10-12-19)13-26-24(32)27-15-23(31)29-21-7-4-8-22-20(21)14-28-30(22)16-18-5-2-1-3-6-18/h1-3,5-6,9-12,14,21H,4,7-8,13,15-16H2,(H,29,31)(H2,26,27,32). The van der Waals surface area contributed by atoms with Gasteiger partial charge in [0.1, 0.15) is 5.82 Å². The minimum Gasteiger partial charge on any atom is -0.348 e. The summed E-state index contributed by atoms with van der Waals surface area (Å²) >= 11 is 0. The maximum absolute atomic E-state index is 12.9. The zero-order chi connectivity index (χ0) is 22.3. The molecule has 0 radical (unpaired) electrons. The summed E-state index contributed by atoms with van der Waals surface area (Å²) in [5.74, 6) is -0.582. The van der Waals surface area contributed by atoms with Crippen LogP contribution in [0.25, 0.3) is 0 Å². The van der Waals surface area contributed by atoms with Gasteiger partial charge in [-0.3, -0.25) is 9.48 Å². The van der Waals surface area contributed by atoms with Crippen LogP contribution in [0.2, 0.25) is 0 Å². The summed E-state index contributed by atoms with van der Waals surface area (Å²) in [5, 5.41) is 12.8.